The molecule has 128 valence electrons. The van der Waals surface area contributed by atoms with Crippen molar-refractivity contribution in [3.8, 4) is 0 Å². The molecule has 1 aromatic carbocycles. The number of para-hydroxylation sites is 1. The topological polar surface area (TPSA) is 67.4 Å². The maximum Gasteiger partial charge on any atom is 0.233 e. The van der Waals surface area contributed by atoms with Crippen molar-refractivity contribution in [1.82, 2.24) is 14.9 Å². The van der Waals surface area contributed by atoms with E-state index in [4.69, 9.17) is 4.74 Å². The highest BCUT2D eigenvalue weighted by molar-refractivity contribution is 7.99. The molecule has 2 heterocycles. The van der Waals surface area contributed by atoms with E-state index < -0.39 is 0 Å². The van der Waals surface area contributed by atoms with Crippen molar-refractivity contribution in [3.63, 3.8) is 0 Å². The van der Waals surface area contributed by atoms with Crippen molar-refractivity contribution >= 4 is 34.4 Å². The molecule has 7 heteroatoms. The van der Waals surface area contributed by atoms with Gasteiger partial charge in [-0.1, -0.05) is 23.9 Å². The average molecular weight is 346 g/mol. The van der Waals surface area contributed by atoms with E-state index in [-0.39, 0.29) is 18.1 Å². The molecule has 0 aliphatic carbocycles. The summed E-state index contributed by atoms with van der Waals surface area (Å²) < 4.78 is 5.67. The van der Waals surface area contributed by atoms with Crippen molar-refractivity contribution in [2.75, 3.05) is 31.2 Å². The van der Waals surface area contributed by atoms with E-state index in [1.807, 2.05) is 50.1 Å². The Bertz CT molecular complexity index is 730. The smallest absolute Gasteiger partial charge is 0.233 e. The SMILES string of the molecule is CNc1nc(SCC(=O)N2C[C@@H](C)O[C@H](C)C2)nc2ccccc12. The number of rotatable bonds is 4. The van der Waals surface area contributed by atoms with Gasteiger partial charge in [-0.05, 0) is 26.0 Å². The second-order valence-electron chi connectivity index (χ2n) is 5.97. The summed E-state index contributed by atoms with van der Waals surface area (Å²) in [4.78, 5) is 23.4. The van der Waals surface area contributed by atoms with Gasteiger partial charge < -0.3 is 15.0 Å². The number of nitrogens with one attached hydrogen (secondary N) is 1. The van der Waals surface area contributed by atoms with Gasteiger partial charge in [0.1, 0.15) is 5.82 Å². The van der Waals surface area contributed by atoms with Crippen molar-refractivity contribution in [1.29, 1.82) is 0 Å². The summed E-state index contributed by atoms with van der Waals surface area (Å²) in [5.41, 5.74) is 0.875. The number of ether oxygens (including phenoxy) is 1. The monoisotopic (exact) mass is 346 g/mol. The molecule has 1 saturated heterocycles. The molecule has 2 atom stereocenters. The maximum absolute atomic E-state index is 12.5. The number of thioether (sulfide) groups is 1. The lowest BCUT2D eigenvalue weighted by molar-refractivity contribution is -0.140. The molecule has 0 spiro atoms. The Morgan fingerprint density at radius 3 is 2.71 bits per heavy atom. The number of aromatic nitrogens is 2. The molecule has 3 rings (SSSR count). The van der Waals surface area contributed by atoms with Crippen LogP contribution >= 0.6 is 11.8 Å². The van der Waals surface area contributed by atoms with Gasteiger partial charge in [0.25, 0.3) is 0 Å². The minimum atomic E-state index is 0.0792. The summed E-state index contributed by atoms with van der Waals surface area (Å²) >= 11 is 1.37. The van der Waals surface area contributed by atoms with Crippen LogP contribution in [0, 0.1) is 0 Å². The molecule has 1 amide bonds. The van der Waals surface area contributed by atoms with E-state index in [9.17, 15) is 4.79 Å². The molecule has 2 aromatic rings. The third kappa shape index (κ3) is 3.79. The maximum atomic E-state index is 12.5. The quantitative estimate of drug-likeness (QED) is 0.677. The third-order valence-electron chi connectivity index (χ3n) is 3.92. The summed E-state index contributed by atoms with van der Waals surface area (Å²) in [7, 11) is 1.84. The van der Waals surface area contributed by atoms with E-state index in [0.717, 1.165) is 16.7 Å². The van der Waals surface area contributed by atoms with Crippen LogP contribution in [-0.4, -0.2) is 58.9 Å². The number of carbonyl (C=O) groups excluding carboxylic acids is 1. The number of nitrogens with zero attached hydrogens (tertiary/aromatic N) is 3. The Labute approximate surface area is 146 Å². The van der Waals surface area contributed by atoms with Crippen LogP contribution < -0.4 is 5.32 Å². The Hall–Kier alpha value is -1.86. The highest BCUT2D eigenvalue weighted by Gasteiger charge is 2.25. The van der Waals surface area contributed by atoms with Gasteiger partial charge in [-0.15, -0.1) is 0 Å². The van der Waals surface area contributed by atoms with Gasteiger partial charge >= 0.3 is 0 Å². The van der Waals surface area contributed by atoms with Crippen LogP contribution in [0.3, 0.4) is 0 Å². The van der Waals surface area contributed by atoms with Crippen LogP contribution in [0.25, 0.3) is 10.9 Å². The molecule has 1 N–H and O–H groups in total. The second-order valence-corrected chi connectivity index (χ2v) is 6.91. The molecule has 0 saturated carbocycles. The summed E-state index contributed by atoms with van der Waals surface area (Å²) in [6.07, 6.45) is 0.158. The van der Waals surface area contributed by atoms with E-state index in [2.05, 4.69) is 15.3 Å². The van der Waals surface area contributed by atoms with Crippen molar-refractivity contribution in [2.24, 2.45) is 0 Å². The Morgan fingerprint density at radius 1 is 1.29 bits per heavy atom. The van der Waals surface area contributed by atoms with Gasteiger partial charge in [0.15, 0.2) is 5.16 Å². The Balaban J connectivity index is 1.70. The highest BCUT2D eigenvalue weighted by Crippen LogP contribution is 2.24. The van der Waals surface area contributed by atoms with Gasteiger partial charge in [0.2, 0.25) is 5.91 Å². The molecule has 24 heavy (non-hydrogen) atoms. The van der Waals surface area contributed by atoms with Crippen LogP contribution in [0.15, 0.2) is 29.4 Å². The second kappa shape index (κ2) is 7.36. The molecular weight excluding hydrogens is 324 g/mol. The van der Waals surface area contributed by atoms with Crippen molar-refractivity contribution in [2.45, 2.75) is 31.2 Å². The molecule has 6 nitrogen and oxygen atoms in total. The number of anilines is 1. The van der Waals surface area contributed by atoms with Crippen molar-refractivity contribution < 1.29 is 9.53 Å². The van der Waals surface area contributed by atoms with E-state index >= 15 is 0 Å². The lowest BCUT2D eigenvalue weighted by atomic mass is 10.2. The predicted molar refractivity (Wildman–Crippen MR) is 96.4 cm³/mol. The highest BCUT2D eigenvalue weighted by atomic mass is 32.2. The normalized spacial score (nSPS) is 21.0. The first kappa shape index (κ1) is 17.0. The Morgan fingerprint density at radius 2 is 2.00 bits per heavy atom. The number of carbonyl (C=O) groups is 1. The first-order valence-electron chi connectivity index (χ1n) is 8.07. The zero-order chi connectivity index (χ0) is 17.1. The standard InChI is InChI=1S/C17H22N4O2S/c1-11-8-21(9-12(2)23-11)15(22)10-24-17-19-14-7-5-4-6-13(14)16(18-3)20-17/h4-7,11-12H,8-10H2,1-3H3,(H,18,19,20)/t11-,12-/m1/s1. The molecule has 1 fully saturated rings. The van der Waals surface area contributed by atoms with Crippen LogP contribution in [0.5, 0.6) is 0 Å². The fourth-order valence-electron chi connectivity index (χ4n) is 2.91. The molecule has 0 bridgehead atoms. The number of benzene rings is 1. The van der Waals surface area contributed by atoms with E-state index in [0.29, 0.717) is 24.0 Å². The van der Waals surface area contributed by atoms with Gasteiger partial charge in [-0.3, -0.25) is 4.79 Å². The zero-order valence-electron chi connectivity index (χ0n) is 14.2. The first-order valence-corrected chi connectivity index (χ1v) is 9.06. The van der Waals surface area contributed by atoms with Crippen LogP contribution in [0.4, 0.5) is 5.82 Å². The van der Waals surface area contributed by atoms with Gasteiger partial charge in [0.05, 0.1) is 23.5 Å². The minimum absolute atomic E-state index is 0.0792. The fourth-order valence-corrected chi connectivity index (χ4v) is 3.66. The van der Waals surface area contributed by atoms with Crippen LogP contribution in [-0.2, 0) is 9.53 Å². The molecule has 0 radical (unpaired) electrons. The number of hydrogen-bond donors (Lipinski definition) is 1. The summed E-state index contributed by atoms with van der Waals surface area (Å²) in [5, 5.41) is 4.69. The largest absolute Gasteiger partial charge is 0.372 e. The third-order valence-corrected chi connectivity index (χ3v) is 4.75. The van der Waals surface area contributed by atoms with E-state index in [1.54, 1.807) is 0 Å². The summed E-state index contributed by atoms with van der Waals surface area (Å²) in [6, 6.07) is 7.85. The number of fused-ring (bicyclic) bond motifs is 1. The summed E-state index contributed by atoms with van der Waals surface area (Å²) in [6.45, 7) is 5.28. The van der Waals surface area contributed by atoms with Gasteiger partial charge in [-0.25, -0.2) is 9.97 Å². The average Bonchev–Trinajstić information content (AvgIpc) is 2.58. The lowest BCUT2D eigenvalue weighted by Crippen LogP contribution is -2.48. The zero-order valence-corrected chi connectivity index (χ0v) is 15.0. The number of amides is 1. The van der Waals surface area contributed by atoms with Gasteiger partial charge in [0, 0.05) is 25.5 Å². The molecule has 1 aliphatic heterocycles. The molecule has 0 unspecified atom stereocenters. The predicted octanol–water partition coefficient (Wildman–Crippen LogP) is 2.40. The van der Waals surface area contributed by atoms with Crippen LogP contribution in [0.1, 0.15) is 13.8 Å². The summed E-state index contributed by atoms with van der Waals surface area (Å²) in [5.74, 6) is 1.22. The Kier molecular flexibility index (Phi) is 5.20. The molecule has 1 aliphatic rings. The molecular formula is C17H22N4O2S. The van der Waals surface area contributed by atoms with Crippen molar-refractivity contribution in [3.05, 3.63) is 24.3 Å². The fraction of sp³-hybridized carbons (Fsp3) is 0.471. The lowest BCUT2D eigenvalue weighted by Gasteiger charge is -2.35. The minimum Gasteiger partial charge on any atom is -0.372 e. The van der Waals surface area contributed by atoms with Crippen LogP contribution in [0.2, 0.25) is 0 Å². The number of morpholine rings is 1. The van der Waals surface area contributed by atoms with Gasteiger partial charge in [-0.2, -0.15) is 0 Å². The first-order chi connectivity index (χ1) is 11.6. The number of hydrogen-bond acceptors (Lipinski definition) is 6. The van der Waals surface area contributed by atoms with E-state index in [1.165, 1.54) is 11.8 Å². The molecule has 1 aromatic heterocycles.